The lowest BCUT2D eigenvalue weighted by molar-refractivity contribution is 1.02. The van der Waals surface area contributed by atoms with Crippen LogP contribution in [0.1, 0.15) is 16.7 Å². The van der Waals surface area contributed by atoms with Gasteiger partial charge in [0.25, 0.3) is 0 Å². The molecule has 4 heteroatoms. The van der Waals surface area contributed by atoms with E-state index in [-0.39, 0.29) is 0 Å². The summed E-state index contributed by atoms with van der Waals surface area (Å²) in [6.45, 7) is 7.06. The van der Waals surface area contributed by atoms with E-state index >= 15 is 0 Å². The van der Waals surface area contributed by atoms with Crippen LogP contribution in [-0.2, 0) is 0 Å². The molecule has 11 aromatic rings. The molecule has 3 nitrogen and oxygen atoms in total. The molecule has 0 radical (unpaired) electrons. The van der Waals surface area contributed by atoms with E-state index in [9.17, 15) is 0 Å². The maximum Gasteiger partial charge on any atom is 0.235 e. The molecule has 0 atom stereocenters. The molecule has 0 amide bonds. The van der Waals surface area contributed by atoms with Crippen molar-refractivity contribution in [3.63, 3.8) is 0 Å². The van der Waals surface area contributed by atoms with Gasteiger partial charge in [0.2, 0.25) is 5.95 Å². The summed E-state index contributed by atoms with van der Waals surface area (Å²) in [4.78, 5) is 11.1. The molecule has 0 aliphatic heterocycles. The normalized spacial score (nSPS) is 12.5. The first-order chi connectivity index (χ1) is 27.1. The summed E-state index contributed by atoms with van der Waals surface area (Å²) in [5.41, 5.74) is 14.6. The maximum atomic E-state index is 5.58. The number of nitrogens with zero attached hydrogens (tertiary/aromatic N) is 3. The van der Waals surface area contributed by atoms with Crippen molar-refractivity contribution in [2.75, 3.05) is 0 Å². The first kappa shape index (κ1) is 30.6. The van der Waals surface area contributed by atoms with E-state index in [2.05, 4.69) is 169 Å². The highest BCUT2D eigenvalue weighted by molar-refractivity contribution is 7.26. The van der Waals surface area contributed by atoms with Gasteiger partial charge in [-0.3, -0.25) is 4.57 Å². The molecular formula is C51H31N3S. The largest absolute Gasteiger partial charge is 0.278 e. The van der Waals surface area contributed by atoms with E-state index < -0.39 is 0 Å². The van der Waals surface area contributed by atoms with Gasteiger partial charge in [0, 0.05) is 26.4 Å². The molecule has 12 rings (SSSR count). The first-order valence-electron chi connectivity index (χ1n) is 18.7. The number of hydrogen-bond acceptors (Lipinski definition) is 3. The third kappa shape index (κ3) is 4.26. The molecule has 0 spiro atoms. The van der Waals surface area contributed by atoms with Gasteiger partial charge in [-0.2, -0.15) is 0 Å². The predicted molar refractivity (Wildman–Crippen MR) is 233 cm³/mol. The summed E-state index contributed by atoms with van der Waals surface area (Å²) in [5, 5.41) is 8.35. The van der Waals surface area contributed by atoms with E-state index in [0.717, 1.165) is 54.6 Å². The van der Waals surface area contributed by atoms with Crippen molar-refractivity contribution in [1.29, 1.82) is 0 Å². The Morgan fingerprint density at radius 3 is 2.09 bits per heavy atom. The molecule has 256 valence electrons. The predicted octanol–water partition coefficient (Wildman–Crippen LogP) is 13.9. The third-order valence-corrected chi connectivity index (χ3v) is 12.9. The Balaban J connectivity index is 1.27. The molecule has 8 aromatic carbocycles. The molecular weight excluding hydrogens is 687 g/mol. The summed E-state index contributed by atoms with van der Waals surface area (Å²) in [7, 11) is 0. The summed E-state index contributed by atoms with van der Waals surface area (Å²) >= 11 is 1.77. The highest BCUT2D eigenvalue weighted by Crippen LogP contribution is 2.51. The number of para-hydroxylation sites is 1. The van der Waals surface area contributed by atoms with Crippen molar-refractivity contribution in [2.45, 2.75) is 6.92 Å². The summed E-state index contributed by atoms with van der Waals surface area (Å²) in [5.74, 6) is 0.666. The van der Waals surface area contributed by atoms with Crippen molar-refractivity contribution in [1.82, 2.24) is 14.5 Å². The fraction of sp³-hybridized carbons (Fsp3) is 0.0196. The van der Waals surface area contributed by atoms with Gasteiger partial charge in [-0.25, -0.2) is 9.97 Å². The van der Waals surface area contributed by atoms with Crippen LogP contribution in [0.25, 0.3) is 109 Å². The van der Waals surface area contributed by atoms with Crippen LogP contribution in [0.5, 0.6) is 0 Å². The SMILES string of the molecule is C=C1c2ccccc2-c2c(C)c(cc3c2c2ccccc2n3-c2nc(-c3ccc4ccccc4c3)c3sc4ccccc4c3n2)-c2c1ccc1ccccc21. The Labute approximate surface area is 321 Å². The van der Waals surface area contributed by atoms with Gasteiger partial charge in [0.15, 0.2) is 0 Å². The minimum Gasteiger partial charge on any atom is -0.278 e. The first-order valence-corrected chi connectivity index (χ1v) is 19.5. The van der Waals surface area contributed by atoms with Gasteiger partial charge in [-0.1, -0.05) is 140 Å². The van der Waals surface area contributed by atoms with Crippen LogP contribution in [0, 0.1) is 6.92 Å². The highest BCUT2D eigenvalue weighted by atomic mass is 32.1. The van der Waals surface area contributed by atoms with E-state index in [1.807, 2.05) is 0 Å². The second-order valence-electron chi connectivity index (χ2n) is 14.6. The topological polar surface area (TPSA) is 30.7 Å². The lowest BCUT2D eigenvalue weighted by Crippen LogP contribution is -2.05. The Morgan fingerprint density at radius 1 is 0.527 bits per heavy atom. The molecule has 0 N–H and O–H groups in total. The van der Waals surface area contributed by atoms with E-state index in [4.69, 9.17) is 16.5 Å². The summed E-state index contributed by atoms with van der Waals surface area (Å²) in [6, 6.07) is 57.0. The third-order valence-electron chi connectivity index (χ3n) is 11.7. The van der Waals surface area contributed by atoms with Gasteiger partial charge >= 0.3 is 0 Å². The molecule has 0 saturated heterocycles. The van der Waals surface area contributed by atoms with Crippen molar-refractivity contribution in [2.24, 2.45) is 0 Å². The molecule has 0 fully saturated rings. The molecule has 1 aliphatic carbocycles. The second-order valence-corrected chi connectivity index (χ2v) is 15.7. The standard InChI is InChI=1S/C51H31N3S/c1-29-35-16-7-8-18-38(35)45-30(2)41(46-36(29)26-25-32-14-5-6-17-37(32)46)28-43-47(45)39-19-9-11-21-42(39)54(43)51-52-48(34-24-23-31-13-3-4-15-33(31)27-34)50-49(53-51)40-20-10-12-22-44(40)55-50/h3-28H,1H2,2H3. The molecule has 55 heavy (non-hydrogen) atoms. The van der Waals surface area contributed by atoms with Crippen molar-refractivity contribution in [3.8, 4) is 39.5 Å². The van der Waals surface area contributed by atoms with Gasteiger partial charge in [-0.15, -0.1) is 11.3 Å². The van der Waals surface area contributed by atoms with Crippen LogP contribution in [0.15, 0.2) is 164 Å². The number of fused-ring (bicyclic) bond motifs is 16. The number of rotatable bonds is 2. The Bertz CT molecular complexity index is 3470. The number of benzene rings is 8. The summed E-state index contributed by atoms with van der Waals surface area (Å²) in [6.07, 6.45) is 0. The van der Waals surface area contributed by atoms with E-state index in [1.165, 1.54) is 64.8 Å². The quantitative estimate of drug-likeness (QED) is 0.178. The fourth-order valence-electron chi connectivity index (χ4n) is 9.17. The van der Waals surface area contributed by atoms with E-state index in [1.54, 1.807) is 11.3 Å². The van der Waals surface area contributed by atoms with Crippen LogP contribution in [-0.4, -0.2) is 14.5 Å². The average molecular weight is 718 g/mol. The van der Waals surface area contributed by atoms with Crippen LogP contribution >= 0.6 is 11.3 Å². The van der Waals surface area contributed by atoms with Crippen LogP contribution < -0.4 is 0 Å². The van der Waals surface area contributed by atoms with E-state index in [0.29, 0.717) is 5.95 Å². The Hall–Kier alpha value is -6.88. The van der Waals surface area contributed by atoms with Crippen LogP contribution in [0.4, 0.5) is 0 Å². The van der Waals surface area contributed by atoms with Crippen molar-refractivity contribution in [3.05, 3.63) is 181 Å². The molecule has 0 unspecified atom stereocenters. The maximum absolute atomic E-state index is 5.58. The minimum atomic E-state index is 0.666. The number of aromatic nitrogens is 3. The van der Waals surface area contributed by atoms with Crippen molar-refractivity contribution < 1.29 is 0 Å². The Morgan fingerprint density at radius 2 is 1.22 bits per heavy atom. The van der Waals surface area contributed by atoms with Gasteiger partial charge < -0.3 is 0 Å². The molecule has 3 aromatic heterocycles. The zero-order valence-electron chi connectivity index (χ0n) is 30.0. The number of hydrogen-bond donors (Lipinski definition) is 0. The minimum absolute atomic E-state index is 0.666. The number of thiophene rings is 1. The van der Waals surface area contributed by atoms with Gasteiger partial charge in [-0.05, 0) is 97.3 Å². The Kier molecular flexibility index (Phi) is 6.29. The lowest BCUT2D eigenvalue weighted by Gasteiger charge is -2.25. The smallest absolute Gasteiger partial charge is 0.235 e. The molecule has 1 aliphatic rings. The zero-order chi connectivity index (χ0) is 36.4. The lowest BCUT2D eigenvalue weighted by atomic mass is 9.78. The molecule has 0 saturated carbocycles. The second kappa shape index (κ2) is 11.3. The zero-order valence-corrected chi connectivity index (χ0v) is 30.8. The monoisotopic (exact) mass is 717 g/mol. The molecule has 2 bridgehead atoms. The highest BCUT2D eigenvalue weighted by Gasteiger charge is 2.28. The average Bonchev–Trinajstić information content (AvgIpc) is 3.78. The van der Waals surface area contributed by atoms with Crippen LogP contribution in [0.2, 0.25) is 0 Å². The van der Waals surface area contributed by atoms with Gasteiger partial charge in [0.1, 0.15) is 0 Å². The summed E-state index contributed by atoms with van der Waals surface area (Å²) < 4.78 is 4.62. The van der Waals surface area contributed by atoms with Gasteiger partial charge in [0.05, 0.1) is 26.9 Å². The van der Waals surface area contributed by atoms with Crippen LogP contribution in [0.3, 0.4) is 0 Å². The fourth-order valence-corrected chi connectivity index (χ4v) is 10.3. The molecule has 3 heterocycles. The van der Waals surface area contributed by atoms with Crippen molar-refractivity contribution >= 4 is 80.6 Å².